The molecule has 1 aromatic rings. The third kappa shape index (κ3) is 1.84. The summed E-state index contributed by atoms with van der Waals surface area (Å²) < 4.78 is 0. The monoisotopic (exact) mass is 219 g/mol. The average molecular weight is 219 g/mol. The Hall–Kier alpha value is -1.33. The Morgan fingerprint density at radius 1 is 1.44 bits per heavy atom. The fourth-order valence-corrected chi connectivity index (χ4v) is 2.01. The van der Waals surface area contributed by atoms with Gasteiger partial charge in [0.15, 0.2) is 0 Å². The minimum absolute atomic E-state index is 0.0378. The lowest BCUT2D eigenvalue weighted by Gasteiger charge is -2.13. The molecule has 0 fully saturated rings. The van der Waals surface area contributed by atoms with E-state index in [9.17, 15) is 4.79 Å². The Balaban J connectivity index is 2.29. The summed E-state index contributed by atoms with van der Waals surface area (Å²) in [7, 11) is -1.47. The topological polar surface area (TPSA) is 60.8 Å². The Kier molecular flexibility index (Phi) is 2.98. The zero-order valence-corrected chi connectivity index (χ0v) is 9.18. The lowest BCUT2D eigenvalue weighted by Crippen LogP contribution is -2.30. The largest absolute Gasteiger partial charge is 0.488 e. The van der Waals surface area contributed by atoms with E-state index >= 15 is 0 Å². The van der Waals surface area contributed by atoms with Crippen LogP contribution in [0.1, 0.15) is 29.3 Å². The number of nitrogens with zero attached hydrogens (tertiary/aromatic N) is 1. The first-order chi connectivity index (χ1) is 7.63. The highest BCUT2D eigenvalue weighted by atomic mass is 16.4. The molecule has 2 rings (SSSR count). The molecule has 1 heterocycles. The van der Waals surface area contributed by atoms with Crippen molar-refractivity contribution in [2.45, 2.75) is 19.9 Å². The van der Waals surface area contributed by atoms with Gasteiger partial charge in [0, 0.05) is 18.7 Å². The lowest BCUT2D eigenvalue weighted by atomic mass is 9.79. The molecule has 0 saturated carbocycles. The molecule has 1 aliphatic rings. The molecule has 2 N–H and O–H groups in total. The number of carbonyl (C=O) groups is 1. The van der Waals surface area contributed by atoms with Crippen molar-refractivity contribution in [1.82, 2.24) is 4.90 Å². The first-order valence-corrected chi connectivity index (χ1v) is 5.41. The molecule has 0 aliphatic carbocycles. The number of carbonyl (C=O) groups excluding carboxylic acids is 1. The summed E-state index contributed by atoms with van der Waals surface area (Å²) in [6, 6.07) is 4.94. The highest BCUT2D eigenvalue weighted by Crippen LogP contribution is 2.21. The third-order valence-electron chi connectivity index (χ3n) is 2.80. The first kappa shape index (κ1) is 11.2. The van der Waals surface area contributed by atoms with E-state index in [1.807, 2.05) is 6.92 Å². The summed E-state index contributed by atoms with van der Waals surface area (Å²) >= 11 is 0. The van der Waals surface area contributed by atoms with Crippen LogP contribution in [0, 0.1) is 0 Å². The van der Waals surface area contributed by atoms with Crippen LogP contribution in [0.3, 0.4) is 0 Å². The van der Waals surface area contributed by atoms with Crippen molar-refractivity contribution >= 4 is 18.5 Å². The molecule has 5 heteroatoms. The summed E-state index contributed by atoms with van der Waals surface area (Å²) in [6.45, 7) is 3.34. The highest BCUT2D eigenvalue weighted by Gasteiger charge is 2.27. The maximum atomic E-state index is 11.9. The molecular formula is C11H14BNO3. The quantitative estimate of drug-likeness (QED) is 0.688. The van der Waals surface area contributed by atoms with Crippen LogP contribution in [-0.2, 0) is 6.54 Å². The van der Waals surface area contributed by atoms with Crippen molar-refractivity contribution in [3.8, 4) is 0 Å². The minimum atomic E-state index is -1.47. The Morgan fingerprint density at radius 2 is 2.19 bits per heavy atom. The van der Waals surface area contributed by atoms with Crippen LogP contribution in [0.2, 0.25) is 0 Å². The van der Waals surface area contributed by atoms with Crippen LogP contribution in [0.15, 0.2) is 18.2 Å². The van der Waals surface area contributed by atoms with E-state index in [-0.39, 0.29) is 5.91 Å². The molecule has 1 aromatic carbocycles. The fraction of sp³-hybridized carbons (Fsp3) is 0.364. The van der Waals surface area contributed by atoms with Crippen LogP contribution in [0.5, 0.6) is 0 Å². The lowest BCUT2D eigenvalue weighted by molar-refractivity contribution is 0.0778. The van der Waals surface area contributed by atoms with Gasteiger partial charge in [0.25, 0.3) is 5.91 Å². The predicted molar refractivity (Wildman–Crippen MR) is 61.3 cm³/mol. The van der Waals surface area contributed by atoms with Gasteiger partial charge in [-0.25, -0.2) is 0 Å². The summed E-state index contributed by atoms with van der Waals surface area (Å²) in [5, 5.41) is 18.1. The van der Waals surface area contributed by atoms with Gasteiger partial charge in [0.1, 0.15) is 0 Å². The first-order valence-electron chi connectivity index (χ1n) is 5.41. The molecule has 1 aliphatic heterocycles. The van der Waals surface area contributed by atoms with Gasteiger partial charge in [0.05, 0.1) is 0 Å². The maximum Gasteiger partial charge on any atom is 0.488 e. The second-order valence-electron chi connectivity index (χ2n) is 4.02. The van der Waals surface area contributed by atoms with Gasteiger partial charge < -0.3 is 14.9 Å². The average Bonchev–Trinajstić information content (AvgIpc) is 2.56. The van der Waals surface area contributed by atoms with Crippen LogP contribution >= 0.6 is 0 Å². The summed E-state index contributed by atoms with van der Waals surface area (Å²) in [5.74, 6) is 0.0378. The number of fused-ring (bicyclic) bond motifs is 1. The molecule has 0 spiro atoms. The van der Waals surface area contributed by atoms with Crippen molar-refractivity contribution in [2.24, 2.45) is 0 Å². The second kappa shape index (κ2) is 4.27. The van der Waals surface area contributed by atoms with Gasteiger partial charge in [0.2, 0.25) is 0 Å². The number of benzene rings is 1. The molecule has 0 unspecified atom stereocenters. The van der Waals surface area contributed by atoms with Crippen molar-refractivity contribution in [3.05, 3.63) is 29.3 Å². The zero-order valence-electron chi connectivity index (χ0n) is 9.18. The number of hydrogen-bond donors (Lipinski definition) is 2. The van der Waals surface area contributed by atoms with Gasteiger partial charge in [-0.3, -0.25) is 4.79 Å². The van der Waals surface area contributed by atoms with Crippen LogP contribution < -0.4 is 5.46 Å². The Morgan fingerprint density at radius 3 is 2.81 bits per heavy atom. The molecule has 0 bridgehead atoms. The minimum Gasteiger partial charge on any atom is -0.423 e. The van der Waals surface area contributed by atoms with Crippen LogP contribution in [-0.4, -0.2) is 34.5 Å². The molecular weight excluding hydrogens is 205 g/mol. The molecule has 0 aromatic heterocycles. The van der Waals surface area contributed by atoms with E-state index in [4.69, 9.17) is 10.0 Å². The number of hydrogen-bond acceptors (Lipinski definition) is 3. The van der Waals surface area contributed by atoms with Gasteiger partial charge in [-0.2, -0.15) is 0 Å². The van der Waals surface area contributed by atoms with E-state index < -0.39 is 7.12 Å². The van der Waals surface area contributed by atoms with Crippen molar-refractivity contribution in [1.29, 1.82) is 0 Å². The normalized spacial score (nSPS) is 14.2. The van der Waals surface area contributed by atoms with Crippen molar-refractivity contribution in [3.63, 3.8) is 0 Å². The van der Waals surface area contributed by atoms with Gasteiger partial charge in [-0.15, -0.1) is 0 Å². The molecule has 84 valence electrons. The standard InChI is InChI=1S/C11H14BNO3/c1-2-5-13-7-8-6-9(12(15)16)3-4-10(8)11(13)14/h3-4,6,15-16H,2,5,7H2,1H3. The summed E-state index contributed by atoms with van der Waals surface area (Å²) in [6.07, 6.45) is 0.926. The predicted octanol–water partition coefficient (Wildman–Crippen LogP) is -0.268. The number of rotatable bonds is 3. The summed E-state index contributed by atoms with van der Waals surface area (Å²) in [5.41, 5.74) is 1.99. The van der Waals surface area contributed by atoms with Crippen molar-refractivity contribution in [2.75, 3.05) is 6.54 Å². The molecule has 1 amide bonds. The molecule has 16 heavy (non-hydrogen) atoms. The number of amides is 1. The third-order valence-corrected chi connectivity index (χ3v) is 2.80. The smallest absolute Gasteiger partial charge is 0.423 e. The second-order valence-corrected chi connectivity index (χ2v) is 4.02. The van der Waals surface area contributed by atoms with Crippen molar-refractivity contribution < 1.29 is 14.8 Å². The Bertz CT molecular complexity index is 420. The summed E-state index contributed by atoms with van der Waals surface area (Å²) in [4.78, 5) is 13.6. The maximum absolute atomic E-state index is 11.9. The van der Waals surface area contributed by atoms with E-state index in [0.29, 0.717) is 17.6 Å². The molecule has 4 nitrogen and oxygen atoms in total. The van der Waals surface area contributed by atoms with Crippen LogP contribution in [0.4, 0.5) is 0 Å². The Labute approximate surface area is 94.7 Å². The molecule has 0 saturated heterocycles. The van der Waals surface area contributed by atoms with Crippen LogP contribution in [0.25, 0.3) is 0 Å². The van der Waals surface area contributed by atoms with E-state index in [2.05, 4.69) is 0 Å². The van der Waals surface area contributed by atoms with Gasteiger partial charge in [-0.1, -0.05) is 19.1 Å². The van der Waals surface area contributed by atoms with E-state index in [1.54, 1.807) is 23.1 Å². The van der Waals surface area contributed by atoms with Gasteiger partial charge >= 0.3 is 7.12 Å². The SMILES string of the molecule is CCCN1Cc2cc(B(O)O)ccc2C1=O. The fourth-order valence-electron chi connectivity index (χ4n) is 2.01. The van der Waals surface area contributed by atoms with E-state index in [0.717, 1.165) is 18.5 Å². The molecule has 0 radical (unpaired) electrons. The molecule has 0 atom stereocenters. The highest BCUT2D eigenvalue weighted by molar-refractivity contribution is 6.58. The van der Waals surface area contributed by atoms with Gasteiger partial charge in [-0.05, 0) is 23.5 Å². The zero-order chi connectivity index (χ0) is 11.7. The van der Waals surface area contributed by atoms with E-state index in [1.165, 1.54) is 0 Å².